The minimum Gasteiger partial charge on any atom is -0.384 e. The van der Waals surface area contributed by atoms with Crippen LogP contribution in [0.2, 0.25) is 0 Å². The van der Waals surface area contributed by atoms with Crippen molar-refractivity contribution < 1.29 is 0 Å². The molecule has 1 aromatic rings. The molecule has 0 aliphatic heterocycles. The molecule has 4 nitrogen and oxygen atoms in total. The van der Waals surface area contributed by atoms with Crippen LogP contribution < -0.4 is 10.6 Å². The van der Waals surface area contributed by atoms with Gasteiger partial charge >= 0.3 is 0 Å². The summed E-state index contributed by atoms with van der Waals surface area (Å²) in [6, 6.07) is 2.27. The molecular weight excluding hydrogens is 200 g/mol. The molecule has 16 heavy (non-hydrogen) atoms. The van der Waals surface area contributed by atoms with Crippen LogP contribution in [0.5, 0.6) is 0 Å². The minimum atomic E-state index is 0.425. The molecule has 2 N–H and O–H groups in total. The molecule has 4 heteroatoms. The van der Waals surface area contributed by atoms with Crippen molar-refractivity contribution in [3.8, 4) is 0 Å². The van der Waals surface area contributed by atoms with E-state index in [0.29, 0.717) is 11.9 Å². The third kappa shape index (κ3) is 3.08. The van der Waals surface area contributed by atoms with Gasteiger partial charge in [-0.15, -0.1) is 0 Å². The Labute approximate surface area is 97.9 Å². The van der Waals surface area contributed by atoms with Crippen LogP contribution >= 0.6 is 0 Å². The van der Waals surface area contributed by atoms with Gasteiger partial charge in [0.2, 0.25) is 0 Å². The molecule has 0 aliphatic rings. The zero-order valence-corrected chi connectivity index (χ0v) is 10.7. The normalized spacial score (nSPS) is 10.8. The summed E-state index contributed by atoms with van der Waals surface area (Å²) >= 11 is 0. The van der Waals surface area contributed by atoms with Crippen LogP contribution in [0, 0.1) is 0 Å². The second-order valence-electron chi connectivity index (χ2n) is 4.20. The number of hydrogen-bond donors (Lipinski definition) is 1. The van der Waals surface area contributed by atoms with Crippen molar-refractivity contribution in [3.05, 3.63) is 11.9 Å². The van der Waals surface area contributed by atoms with Gasteiger partial charge in [0.25, 0.3) is 0 Å². The molecule has 0 unspecified atom stereocenters. The van der Waals surface area contributed by atoms with Gasteiger partial charge in [-0.25, -0.2) is 9.97 Å². The van der Waals surface area contributed by atoms with E-state index < -0.39 is 0 Å². The summed E-state index contributed by atoms with van der Waals surface area (Å²) in [6.07, 6.45) is 1.92. The van der Waals surface area contributed by atoms with Crippen molar-refractivity contribution in [3.63, 3.8) is 0 Å². The van der Waals surface area contributed by atoms with E-state index in [1.54, 1.807) is 0 Å². The summed E-state index contributed by atoms with van der Waals surface area (Å²) in [4.78, 5) is 11.0. The predicted octanol–water partition coefficient (Wildman–Crippen LogP) is 2.25. The minimum absolute atomic E-state index is 0.425. The fraction of sp³-hybridized carbons (Fsp3) is 0.667. The zero-order chi connectivity index (χ0) is 12.1. The first-order valence-corrected chi connectivity index (χ1v) is 5.98. The molecule has 1 heterocycles. The monoisotopic (exact) mass is 222 g/mol. The Balaban J connectivity index is 3.02. The van der Waals surface area contributed by atoms with E-state index in [2.05, 4.69) is 42.6 Å². The first-order valence-electron chi connectivity index (χ1n) is 5.98. The molecule has 0 amide bonds. The van der Waals surface area contributed by atoms with Crippen molar-refractivity contribution >= 4 is 11.6 Å². The van der Waals surface area contributed by atoms with Crippen molar-refractivity contribution in [1.29, 1.82) is 0 Å². The largest absolute Gasteiger partial charge is 0.384 e. The lowest BCUT2D eigenvalue weighted by Crippen LogP contribution is -2.31. The van der Waals surface area contributed by atoms with Crippen molar-refractivity contribution in [2.75, 3.05) is 17.2 Å². The molecule has 1 aromatic heterocycles. The van der Waals surface area contributed by atoms with Gasteiger partial charge < -0.3 is 10.6 Å². The fourth-order valence-electron chi connectivity index (χ4n) is 1.78. The number of hydrogen-bond acceptors (Lipinski definition) is 4. The molecule has 0 aliphatic carbocycles. The van der Waals surface area contributed by atoms with Crippen LogP contribution in [0.4, 0.5) is 11.6 Å². The number of rotatable bonds is 5. The molecule has 0 atom stereocenters. The lowest BCUT2D eigenvalue weighted by atomic mass is 10.3. The predicted molar refractivity (Wildman–Crippen MR) is 68.6 cm³/mol. The average Bonchev–Trinajstić information content (AvgIpc) is 2.17. The molecule has 0 saturated heterocycles. The Morgan fingerprint density at radius 1 is 1.31 bits per heavy atom. The van der Waals surface area contributed by atoms with Crippen molar-refractivity contribution in [2.24, 2.45) is 0 Å². The Kier molecular flexibility index (Phi) is 4.52. The topological polar surface area (TPSA) is 55.0 Å². The summed E-state index contributed by atoms with van der Waals surface area (Å²) in [5, 5.41) is 0. The molecule has 1 rings (SSSR count). The van der Waals surface area contributed by atoms with Crippen LogP contribution in [0.1, 0.15) is 39.9 Å². The van der Waals surface area contributed by atoms with E-state index in [0.717, 1.165) is 31.0 Å². The molecule has 0 fully saturated rings. The van der Waals surface area contributed by atoms with E-state index >= 15 is 0 Å². The van der Waals surface area contributed by atoms with Gasteiger partial charge in [-0.1, -0.05) is 6.92 Å². The van der Waals surface area contributed by atoms with E-state index in [4.69, 9.17) is 5.73 Å². The number of aryl methyl sites for hydroxylation is 1. The lowest BCUT2D eigenvalue weighted by molar-refractivity contribution is 0.686. The van der Waals surface area contributed by atoms with Gasteiger partial charge in [-0.2, -0.15) is 0 Å². The molecule has 0 saturated carbocycles. The van der Waals surface area contributed by atoms with Crippen LogP contribution in [-0.4, -0.2) is 22.6 Å². The average molecular weight is 222 g/mol. The number of anilines is 2. The van der Waals surface area contributed by atoms with E-state index in [1.165, 1.54) is 0 Å². The van der Waals surface area contributed by atoms with Gasteiger partial charge in [0.1, 0.15) is 17.5 Å². The number of nitrogen functional groups attached to an aromatic ring is 1. The number of nitrogens with zero attached hydrogens (tertiary/aromatic N) is 3. The summed E-state index contributed by atoms with van der Waals surface area (Å²) in [5.41, 5.74) is 5.80. The van der Waals surface area contributed by atoms with Gasteiger partial charge in [0.05, 0.1) is 0 Å². The van der Waals surface area contributed by atoms with Gasteiger partial charge in [0, 0.05) is 25.1 Å². The van der Waals surface area contributed by atoms with Crippen LogP contribution in [0.25, 0.3) is 0 Å². The molecule has 0 bridgehead atoms. The lowest BCUT2D eigenvalue weighted by Gasteiger charge is -2.26. The summed E-state index contributed by atoms with van der Waals surface area (Å²) in [7, 11) is 0. The summed E-state index contributed by atoms with van der Waals surface area (Å²) in [5.74, 6) is 2.35. The van der Waals surface area contributed by atoms with Crippen LogP contribution in [0.15, 0.2) is 6.07 Å². The standard InChI is InChI=1S/C12H22N4/c1-5-7-11-14-10(13)8-12(15-11)16(6-2)9(3)4/h8-9H,5-7H2,1-4H3,(H2,13,14,15). The SMILES string of the molecule is CCCc1nc(N)cc(N(CC)C(C)C)n1. The fourth-order valence-corrected chi connectivity index (χ4v) is 1.78. The summed E-state index contributed by atoms with van der Waals surface area (Å²) in [6.45, 7) is 9.48. The maximum Gasteiger partial charge on any atom is 0.134 e. The van der Waals surface area contributed by atoms with Gasteiger partial charge in [-0.3, -0.25) is 0 Å². The highest BCUT2D eigenvalue weighted by Crippen LogP contribution is 2.17. The van der Waals surface area contributed by atoms with Crippen molar-refractivity contribution in [2.45, 2.75) is 46.6 Å². The quantitative estimate of drug-likeness (QED) is 0.830. The maximum atomic E-state index is 5.80. The van der Waals surface area contributed by atoms with E-state index in [9.17, 15) is 0 Å². The summed E-state index contributed by atoms with van der Waals surface area (Å²) < 4.78 is 0. The molecule has 0 radical (unpaired) electrons. The van der Waals surface area contributed by atoms with Gasteiger partial charge in [-0.05, 0) is 27.2 Å². The van der Waals surface area contributed by atoms with Crippen LogP contribution in [-0.2, 0) is 6.42 Å². The first-order chi connectivity index (χ1) is 7.58. The van der Waals surface area contributed by atoms with E-state index in [1.807, 2.05) is 6.07 Å². The highest BCUT2D eigenvalue weighted by atomic mass is 15.2. The molecule has 0 aromatic carbocycles. The third-order valence-corrected chi connectivity index (χ3v) is 2.51. The Hall–Kier alpha value is -1.32. The third-order valence-electron chi connectivity index (χ3n) is 2.51. The molecule has 90 valence electrons. The Morgan fingerprint density at radius 2 is 2.00 bits per heavy atom. The number of nitrogens with two attached hydrogens (primary N) is 1. The van der Waals surface area contributed by atoms with Crippen molar-refractivity contribution in [1.82, 2.24) is 9.97 Å². The smallest absolute Gasteiger partial charge is 0.134 e. The molecule has 0 spiro atoms. The van der Waals surface area contributed by atoms with Crippen LogP contribution in [0.3, 0.4) is 0 Å². The highest BCUT2D eigenvalue weighted by molar-refractivity contribution is 5.47. The van der Waals surface area contributed by atoms with E-state index in [-0.39, 0.29) is 0 Å². The second kappa shape index (κ2) is 5.68. The maximum absolute atomic E-state index is 5.80. The highest BCUT2D eigenvalue weighted by Gasteiger charge is 2.11. The Morgan fingerprint density at radius 3 is 2.50 bits per heavy atom. The second-order valence-corrected chi connectivity index (χ2v) is 4.20. The Bertz CT molecular complexity index is 336. The van der Waals surface area contributed by atoms with Gasteiger partial charge in [0.15, 0.2) is 0 Å². The molecular formula is C12H22N4. The number of aromatic nitrogens is 2. The first kappa shape index (κ1) is 12.7. The zero-order valence-electron chi connectivity index (χ0n) is 10.7.